The molecule has 0 aliphatic heterocycles. The van der Waals surface area contributed by atoms with Crippen LogP contribution in [0.25, 0.3) is 6.08 Å². The summed E-state index contributed by atoms with van der Waals surface area (Å²) in [7, 11) is 3.07. The molecule has 0 unspecified atom stereocenters. The molecule has 3 aromatic carbocycles. The first kappa shape index (κ1) is 25.2. The van der Waals surface area contributed by atoms with Crippen LogP contribution >= 0.6 is 0 Å². The van der Waals surface area contributed by atoms with Gasteiger partial charge in [-0.3, -0.25) is 9.59 Å². The molecular formula is C28H29N3O4. The molecule has 0 aliphatic rings. The SMILES string of the molecule is COc1ccc(OC)c(C=C(NC(=O)c2ccccc2)C(=O)NN=Cc2ccc(C(C)C)cc2)c1. The topological polar surface area (TPSA) is 89.0 Å². The van der Waals surface area contributed by atoms with E-state index in [1.54, 1.807) is 55.8 Å². The predicted molar refractivity (Wildman–Crippen MR) is 138 cm³/mol. The van der Waals surface area contributed by atoms with Crippen molar-refractivity contribution in [2.45, 2.75) is 19.8 Å². The smallest absolute Gasteiger partial charge is 0.287 e. The molecule has 0 aliphatic carbocycles. The highest BCUT2D eigenvalue weighted by Gasteiger charge is 2.16. The number of carbonyl (C=O) groups is 2. The van der Waals surface area contributed by atoms with Gasteiger partial charge in [-0.25, -0.2) is 5.43 Å². The number of hydrogen-bond donors (Lipinski definition) is 2. The van der Waals surface area contributed by atoms with Gasteiger partial charge in [0.2, 0.25) is 0 Å². The summed E-state index contributed by atoms with van der Waals surface area (Å²) in [5.41, 5.74) is 5.50. The van der Waals surface area contributed by atoms with Crippen molar-refractivity contribution >= 4 is 24.1 Å². The zero-order valence-electron chi connectivity index (χ0n) is 20.2. The predicted octanol–water partition coefficient (Wildman–Crippen LogP) is 4.75. The Morgan fingerprint density at radius 3 is 2.26 bits per heavy atom. The molecule has 3 rings (SSSR count). The van der Waals surface area contributed by atoms with Crippen LogP contribution in [0.4, 0.5) is 0 Å². The average molecular weight is 472 g/mol. The van der Waals surface area contributed by atoms with Gasteiger partial charge in [-0.2, -0.15) is 5.10 Å². The van der Waals surface area contributed by atoms with E-state index in [4.69, 9.17) is 9.47 Å². The van der Waals surface area contributed by atoms with Crippen LogP contribution in [-0.4, -0.2) is 32.2 Å². The van der Waals surface area contributed by atoms with Gasteiger partial charge >= 0.3 is 0 Å². The van der Waals surface area contributed by atoms with E-state index in [-0.39, 0.29) is 5.70 Å². The Kier molecular flexibility index (Phi) is 8.78. The zero-order chi connectivity index (χ0) is 25.2. The molecule has 7 heteroatoms. The van der Waals surface area contributed by atoms with E-state index in [1.807, 2.05) is 30.3 Å². The average Bonchev–Trinajstić information content (AvgIpc) is 2.88. The molecule has 0 radical (unpaired) electrons. The number of nitrogens with zero attached hydrogens (tertiary/aromatic N) is 1. The summed E-state index contributed by atoms with van der Waals surface area (Å²) in [6.45, 7) is 4.25. The van der Waals surface area contributed by atoms with Gasteiger partial charge in [0.15, 0.2) is 0 Å². The zero-order valence-corrected chi connectivity index (χ0v) is 20.2. The summed E-state index contributed by atoms with van der Waals surface area (Å²) < 4.78 is 10.7. The summed E-state index contributed by atoms with van der Waals surface area (Å²) in [5, 5.41) is 6.74. The fraction of sp³-hybridized carbons (Fsp3) is 0.179. The molecule has 3 aromatic rings. The largest absolute Gasteiger partial charge is 0.497 e. The van der Waals surface area contributed by atoms with E-state index < -0.39 is 11.8 Å². The van der Waals surface area contributed by atoms with Crippen LogP contribution in [0.3, 0.4) is 0 Å². The van der Waals surface area contributed by atoms with Crippen molar-refractivity contribution in [3.05, 3.63) is 101 Å². The van der Waals surface area contributed by atoms with Crippen LogP contribution in [0.15, 0.2) is 83.6 Å². The lowest BCUT2D eigenvalue weighted by molar-refractivity contribution is -0.117. The maximum absolute atomic E-state index is 13.0. The maximum atomic E-state index is 13.0. The lowest BCUT2D eigenvalue weighted by Gasteiger charge is -2.12. The number of rotatable bonds is 9. The third-order valence-corrected chi connectivity index (χ3v) is 5.25. The molecule has 0 spiro atoms. The maximum Gasteiger partial charge on any atom is 0.287 e. The number of hydrogen-bond acceptors (Lipinski definition) is 5. The highest BCUT2D eigenvalue weighted by molar-refractivity contribution is 6.05. The Morgan fingerprint density at radius 1 is 0.914 bits per heavy atom. The van der Waals surface area contributed by atoms with Gasteiger partial charge in [-0.05, 0) is 53.5 Å². The lowest BCUT2D eigenvalue weighted by Crippen LogP contribution is -2.32. The van der Waals surface area contributed by atoms with Crippen molar-refractivity contribution in [3.63, 3.8) is 0 Å². The van der Waals surface area contributed by atoms with E-state index >= 15 is 0 Å². The lowest BCUT2D eigenvalue weighted by atomic mass is 10.0. The second kappa shape index (κ2) is 12.2. The molecule has 0 saturated carbocycles. The quantitative estimate of drug-likeness (QED) is 0.268. The van der Waals surface area contributed by atoms with Crippen LogP contribution in [-0.2, 0) is 4.79 Å². The third-order valence-electron chi connectivity index (χ3n) is 5.25. The highest BCUT2D eigenvalue weighted by atomic mass is 16.5. The van der Waals surface area contributed by atoms with Gasteiger partial charge in [0, 0.05) is 11.1 Å². The molecule has 7 nitrogen and oxygen atoms in total. The number of nitrogens with one attached hydrogen (secondary N) is 2. The second-order valence-electron chi connectivity index (χ2n) is 8.01. The molecular weight excluding hydrogens is 442 g/mol. The number of carbonyl (C=O) groups excluding carboxylic acids is 2. The van der Waals surface area contributed by atoms with E-state index in [1.165, 1.54) is 18.7 Å². The van der Waals surface area contributed by atoms with Gasteiger partial charge in [-0.15, -0.1) is 0 Å². The normalized spacial score (nSPS) is 11.4. The number of ether oxygens (including phenoxy) is 2. The minimum atomic E-state index is -0.589. The van der Waals surface area contributed by atoms with Gasteiger partial charge in [0.1, 0.15) is 17.2 Å². The van der Waals surface area contributed by atoms with Crippen molar-refractivity contribution in [2.75, 3.05) is 14.2 Å². The fourth-order valence-corrected chi connectivity index (χ4v) is 3.24. The molecule has 0 atom stereocenters. The van der Waals surface area contributed by atoms with Gasteiger partial charge < -0.3 is 14.8 Å². The number of hydrazone groups is 1. The number of methoxy groups -OCH3 is 2. The Morgan fingerprint density at radius 2 is 1.63 bits per heavy atom. The first-order valence-electron chi connectivity index (χ1n) is 11.1. The van der Waals surface area contributed by atoms with Crippen molar-refractivity contribution < 1.29 is 19.1 Å². The minimum Gasteiger partial charge on any atom is -0.497 e. The molecule has 2 amide bonds. The first-order chi connectivity index (χ1) is 16.9. The van der Waals surface area contributed by atoms with E-state index in [2.05, 4.69) is 29.7 Å². The van der Waals surface area contributed by atoms with Gasteiger partial charge in [0.05, 0.1) is 20.4 Å². The fourth-order valence-electron chi connectivity index (χ4n) is 3.24. The van der Waals surface area contributed by atoms with Crippen LogP contribution in [0, 0.1) is 0 Å². The summed E-state index contributed by atoms with van der Waals surface area (Å²) in [4.78, 5) is 25.8. The molecule has 0 saturated heterocycles. The van der Waals surface area contributed by atoms with Crippen molar-refractivity contribution in [1.29, 1.82) is 0 Å². The first-order valence-corrected chi connectivity index (χ1v) is 11.1. The molecule has 0 bridgehead atoms. The molecule has 180 valence electrons. The summed E-state index contributed by atoms with van der Waals surface area (Å²) in [6.07, 6.45) is 3.06. The van der Waals surface area contributed by atoms with Crippen molar-refractivity contribution in [1.82, 2.24) is 10.7 Å². The monoisotopic (exact) mass is 471 g/mol. The number of amides is 2. The third kappa shape index (κ3) is 7.04. The summed E-state index contributed by atoms with van der Waals surface area (Å²) >= 11 is 0. The van der Waals surface area contributed by atoms with E-state index in [0.29, 0.717) is 28.5 Å². The van der Waals surface area contributed by atoms with Gasteiger partial charge in [0.25, 0.3) is 11.8 Å². The molecule has 35 heavy (non-hydrogen) atoms. The van der Waals surface area contributed by atoms with Crippen molar-refractivity contribution in [2.24, 2.45) is 5.10 Å². The van der Waals surface area contributed by atoms with Crippen LogP contribution in [0.2, 0.25) is 0 Å². The van der Waals surface area contributed by atoms with E-state index in [0.717, 1.165) is 5.56 Å². The second-order valence-corrected chi connectivity index (χ2v) is 8.01. The Balaban J connectivity index is 1.86. The Bertz CT molecular complexity index is 1220. The Hall–Kier alpha value is -4.39. The van der Waals surface area contributed by atoms with E-state index in [9.17, 15) is 9.59 Å². The van der Waals surface area contributed by atoms with Gasteiger partial charge in [-0.1, -0.05) is 56.3 Å². The van der Waals surface area contributed by atoms with Crippen molar-refractivity contribution in [3.8, 4) is 11.5 Å². The molecule has 0 fully saturated rings. The molecule has 0 heterocycles. The van der Waals surface area contributed by atoms with Crippen LogP contribution < -0.4 is 20.2 Å². The van der Waals surface area contributed by atoms with Crippen LogP contribution in [0.1, 0.15) is 46.8 Å². The molecule has 2 N–H and O–H groups in total. The minimum absolute atomic E-state index is 0.00212. The summed E-state index contributed by atoms with van der Waals surface area (Å²) in [5.74, 6) is 0.499. The summed E-state index contributed by atoms with van der Waals surface area (Å²) in [6, 6.07) is 21.7. The Labute approximate surface area is 205 Å². The highest BCUT2D eigenvalue weighted by Crippen LogP contribution is 2.26. The van der Waals surface area contributed by atoms with Crippen LogP contribution in [0.5, 0.6) is 11.5 Å². The standard InChI is InChI=1S/C28H29N3O4/c1-19(2)21-12-10-20(11-13-21)18-29-31-28(33)25(30-27(32)22-8-6-5-7-9-22)17-23-16-24(34-3)14-15-26(23)35-4/h5-19H,1-4H3,(H,30,32)(H,31,33). The number of benzene rings is 3. The molecule has 0 aromatic heterocycles.